The van der Waals surface area contributed by atoms with Gasteiger partial charge in [0, 0.05) is 6.42 Å². The van der Waals surface area contributed by atoms with Crippen LogP contribution in [0.2, 0.25) is 0 Å². The summed E-state index contributed by atoms with van der Waals surface area (Å²) in [6.07, 6.45) is 4.93. The maximum Gasteiger partial charge on any atom is 0.107 e. The van der Waals surface area contributed by atoms with Crippen molar-refractivity contribution in [1.82, 2.24) is 0 Å². The van der Waals surface area contributed by atoms with E-state index in [4.69, 9.17) is 4.42 Å². The molecule has 13 heavy (non-hydrogen) atoms. The van der Waals surface area contributed by atoms with Crippen molar-refractivity contribution in [3.63, 3.8) is 0 Å². The second-order valence-corrected chi connectivity index (χ2v) is 4.61. The number of furan rings is 1. The summed E-state index contributed by atoms with van der Waals surface area (Å²) in [7, 11) is 0. The van der Waals surface area contributed by atoms with Crippen molar-refractivity contribution in [2.24, 2.45) is 5.41 Å². The zero-order valence-corrected chi connectivity index (χ0v) is 8.92. The van der Waals surface area contributed by atoms with Gasteiger partial charge in [0.1, 0.15) is 5.76 Å². The molecule has 1 aromatic rings. The van der Waals surface area contributed by atoms with Gasteiger partial charge in [-0.2, -0.15) is 0 Å². The maximum atomic E-state index is 5.28. The quantitative estimate of drug-likeness (QED) is 0.627. The molecule has 1 nitrogen and oxygen atoms in total. The summed E-state index contributed by atoms with van der Waals surface area (Å²) >= 11 is 0. The highest BCUT2D eigenvalue weighted by Gasteiger charge is 2.06. The van der Waals surface area contributed by atoms with E-state index in [1.807, 2.05) is 12.1 Å². The zero-order valence-electron chi connectivity index (χ0n) is 8.92. The van der Waals surface area contributed by atoms with E-state index in [0.29, 0.717) is 0 Å². The SMILES string of the molecule is C/C(=C\C(C)(C)C)Cc1ccco1. The summed E-state index contributed by atoms with van der Waals surface area (Å²) in [4.78, 5) is 0. The number of rotatable bonds is 2. The first-order valence-electron chi connectivity index (χ1n) is 4.68. The van der Waals surface area contributed by atoms with Gasteiger partial charge in [0.2, 0.25) is 0 Å². The van der Waals surface area contributed by atoms with E-state index < -0.39 is 0 Å². The Hall–Kier alpha value is -0.980. The number of hydrogen-bond donors (Lipinski definition) is 0. The fraction of sp³-hybridized carbons (Fsp3) is 0.500. The van der Waals surface area contributed by atoms with Crippen LogP contribution in [0.15, 0.2) is 34.5 Å². The normalized spacial score (nSPS) is 13.4. The lowest BCUT2D eigenvalue weighted by Crippen LogP contribution is -2.01. The molecule has 1 heteroatoms. The van der Waals surface area contributed by atoms with Gasteiger partial charge in [0.25, 0.3) is 0 Å². The van der Waals surface area contributed by atoms with Gasteiger partial charge in [-0.3, -0.25) is 0 Å². The fourth-order valence-corrected chi connectivity index (χ4v) is 1.48. The zero-order chi connectivity index (χ0) is 9.90. The Labute approximate surface area is 80.5 Å². The van der Waals surface area contributed by atoms with Gasteiger partial charge >= 0.3 is 0 Å². The first-order valence-corrected chi connectivity index (χ1v) is 4.68. The Morgan fingerprint density at radius 1 is 1.46 bits per heavy atom. The molecule has 72 valence electrons. The maximum absolute atomic E-state index is 5.28. The highest BCUT2D eigenvalue weighted by atomic mass is 16.3. The standard InChI is InChI=1S/C12H18O/c1-10(9-12(2,3)4)8-11-6-5-7-13-11/h5-7,9H,8H2,1-4H3/b10-9+. The van der Waals surface area contributed by atoms with Gasteiger partial charge in [0.05, 0.1) is 6.26 Å². The predicted octanol–water partition coefficient (Wildman–Crippen LogP) is 3.81. The smallest absolute Gasteiger partial charge is 0.107 e. The lowest BCUT2D eigenvalue weighted by atomic mass is 9.93. The Morgan fingerprint density at radius 3 is 2.62 bits per heavy atom. The molecule has 0 aliphatic rings. The largest absolute Gasteiger partial charge is 0.469 e. The van der Waals surface area contributed by atoms with Crippen LogP contribution in [0.1, 0.15) is 33.5 Å². The van der Waals surface area contributed by atoms with Crippen LogP contribution in [0.4, 0.5) is 0 Å². The van der Waals surface area contributed by atoms with Gasteiger partial charge in [0.15, 0.2) is 0 Å². The third kappa shape index (κ3) is 3.97. The van der Waals surface area contributed by atoms with Crippen LogP contribution in [0, 0.1) is 5.41 Å². The Balaban J connectivity index is 2.61. The topological polar surface area (TPSA) is 13.1 Å². The molecule has 1 aromatic heterocycles. The minimum atomic E-state index is 0.261. The molecule has 0 aromatic carbocycles. The third-order valence-electron chi connectivity index (χ3n) is 1.71. The molecule has 1 rings (SSSR count). The van der Waals surface area contributed by atoms with Crippen molar-refractivity contribution in [1.29, 1.82) is 0 Å². The molecule has 0 bridgehead atoms. The average molecular weight is 178 g/mol. The molecule has 0 unspecified atom stereocenters. The van der Waals surface area contributed by atoms with Gasteiger partial charge in [-0.25, -0.2) is 0 Å². The summed E-state index contributed by atoms with van der Waals surface area (Å²) in [6, 6.07) is 3.94. The van der Waals surface area contributed by atoms with E-state index in [1.165, 1.54) is 5.57 Å². The van der Waals surface area contributed by atoms with E-state index in [-0.39, 0.29) is 5.41 Å². The molecule has 0 spiro atoms. The minimum Gasteiger partial charge on any atom is -0.469 e. The molecule has 0 saturated carbocycles. The molecular weight excluding hydrogens is 160 g/mol. The van der Waals surface area contributed by atoms with Crippen LogP contribution in [0.5, 0.6) is 0 Å². The molecule has 0 amide bonds. The van der Waals surface area contributed by atoms with E-state index >= 15 is 0 Å². The lowest BCUT2D eigenvalue weighted by molar-refractivity contribution is 0.511. The molecule has 0 N–H and O–H groups in total. The number of hydrogen-bond acceptors (Lipinski definition) is 1. The van der Waals surface area contributed by atoms with Gasteiger partial charge < -0.3 is 4.42 Å². The molecule has 0 saturated heterocycles. The Bertz CT molecular complexity index is 273. The highest BCUT2D eigenvalue weighted by molar-refractivity contribution is 5.13. The monoisotopic (exact) mass is 178 g/mol. The van der Waals surface area contributed by atoms with Crippen LogP contribution in [0.25, 0.3) is 0 Å². The van der Waals surface area contributed by atoms with Gasteiger partial charge in [-0.1, -0.05) is 32.4 Å². The first-order chi connectivity index (χ1) is 5.97. The summed E-state index contributed by atoms with van der Waals surface area (Å²) < 4.78 is 5.28. The summed E-state index contributed by atoms with van der Waals surface area (Å²) in [6.45, 7) is 8.77. The lowest BCUT2D eigenvalue weighted by Gasteiger charge is -2.13. The Morgan fingerprint density at radius 2 is 2.15 bits per heavy atom. The van der Waals surface area contributed by atoms with Crippen LogP contribution in [0.3, 0.4) is 0 Å². The molecule has 1 heterocycles. The molecule has 0 radical (unpaired) electrons. The van der Waals surface area contributed by atoms with Gasteiger partial charge in [-0.15, -0.1) is 0 Å². The van der Waals surface area contributed by atoms with Crippen molar-refractivity contribution >= 4 is 0 Å². The Kier molecular flexibility index (Phi) is 2.97. The van der Waals surface area contributed by atoms with Crippen LogP contribution < -0.4 is 0 Å². The summed E-state index contributed by atoms with van der Waals surface area (Å²) in [5, 5.41) is 0. The van der Waals surface area contributed by atoms with Crippen molar-refractivity contribution in [3.8, 4) is 0 Å². The summed E-state index contributed by atoms with van der Waals surface area (Å²) in [5.74, 6) is 1.04. The predicted molar refractivity (Wildman–Crippen MR) is 55.6 cm³/mol. The minimum absolute atomic E-state index is 0.261. The van der Waals surface area contributed by atoms with Crippen molar-refractivity contribution < 1.29 is 4.42 Å². The van der Waals surface area contributed by atoms with E-state index in [1.54, 1.807) is 6.26 Å². The molecule has 0 atom stereocenters. The average Bonchev–Trinajstić information content (AvgIpc) is 2.34. The third-order valence-corrected chi connectivity index (χ3v) is 1.71. The fourth-order valence-electron chi connectivity index (χ4n) is 1.48. The molecule has 0 aliphatic carbocycles. The van der Waals surface area contributed by atoms with E-state index in [2.05, 4.69) is 33.8 Å². The van der Waals surface area contributed by atoms with E-state index in [9.17, 15) is 0 Å². The number of allylic oxidation sites excluding steroid dienone is 2. The van der Waals surface area contributed by atoms with Crippen LogP contribution in [-0.2, 0) is 6.42 Å². The van der Waals surface area contributed by atoms with E-state index in [0.717, 1.165) is 12.2 Å². The summed E-state index contributed by atoms with van der Waals surface area (Å²) in [5.41, 5.74) is 1.62. The second-order valence-electron chi connectivity index (χ2n) is 4.61. The van der Waals surface area contributed by atoms with Crippen LogP contribution >= 0.6 is 0 Å². The van der Waals surface area contributed by atoms with Crippen molar-refractivity contribution in [2.75, 3.05) is 0 Å². The molecule has 0 fully saturated rings. The molecule has 0 aliphatic heterocycles. The first kappa shape index (κ1) is 10.1. The van der Waals surface area contributed by atoms with Crippen LogP contribution in [-0.4, -0.2) is 0 Å². The van der Waals surface area contributed by atoms with Crippen molar-refractivity contribution in [3.05, 3.63) is 35.8 Å². The molecular formula is C12H18O. The second kappa shape index (κ2) is 3.82. The van der Waals surface area contributed by atoms with Crippen molar-refractivity contribution in [2.45, 2.75) is 34.1 Å². The highest BCUT2D eigenvalue weighted by Crippen LogP contribution is 2.19. The van der Waals surface area contributed by atoms with Gasteiger partial charge in [-0.05, 0) is 24.5 Å².